The maximum atomic E-state index is 12.3. The highest BCUT2D eigenvalue weighted by Crippen LogP contribution is 2.54. The van der Waals surface area contributed by atoms with Gasteiger partial charge in [0.15, 0.2) is 6.61 Å². The molecule has 2 aliphatic rings. The van der Waals surface area contributed by atoms with Crippen molar-refractivity contribution < 1.29 is 27.4 Å². The highest BCUT2D eigenvalue weighted by Gasteiger charge is 2.54. The van der Waals surface area contributed by atoms with E-state index >= 15 is 0 Å². The first-order chi connectivity index (χ1) is 12.4. The van der Waals surface area contributed by atoms with Crippen LogP contribution in [0.15, 0.2) is 6.20 Å². The number of likely N-dealkylation sites (tertiary alicyclic amines) is 1. The summed E-state index contributed by atoms with van der Waals surface area (Å²) in [5.74, 6) is -0.467. The Labute approximate surface area is 155 Å². The van der Waals surface area contributed by atoms with Crippen LogP contribution in [0.25, 0.3) is 0 Å². The molecule has 0 aromatic carbocycles. The van der Waals surface area contributed by atoms with Crippen molar-refractivity contribution in [1.82, 2.24) is 14.7 Å². The molecule has 152 valence electrons. The van der Waals surface area contributed by atoms with Crippen LogP contribution in [0.5, 0.6) is 5.88 Å². The Bertz CT molecular complexity index is 703. The van der Waals surface area contributed by atoms with E-state index in [2.05, 4.69) is 14.7 Å². The average molecular weight is 390 g/mol. The number of hydrogen-bond donors (Lipinski definition) is 1. The molecule has 2 fully saturated rings. The summed E-state index contributed by atoms with van der Waals surface area (Å²) in [6, 6.07) is 0.110. The van der Waals surface area contributed by atoms with Gasteiger partial charge >= 0.3 is 12.1 Å². The number of nitrogens with zero attached hydrogens (tertiary/aromatic N) is 3. The number of esters is 1. The number of carbonyl (C=O) groups excluding carboxylic acids is 1. The highest BCUT2D eigenvalue weighted by molar-refractivity contribution is 5.66. The Morgan fingerprint density at radius 3 is 2.56 bits per heavy atom. The molecule has 2 N–H and O–H groups in total. The molecular formula is C17H25F3N4O3. The van der Waals surface area contributed by atoms with Gasteiger partial charge in [0, 0.05) is 26.6 Å². The Balaban J connectivity index is 1.47. The molecule has 3 rings (SSSR count). The summed E-state index contributed by atoms with van der Waals surface area (Å²) in [4.78, 5) is 13.4. The molecule has 27 heavy (non-hydrogen) atoms. The average Bonchev–Trinajstić information content (AvgIpc) is 2.76. The first kappa shape index (κ1) is 19.8. The second kappa shape index (κ2) is 6.57. The molecule has 1 aromatic rings. The van der Waals surface area contributed by atoms with E-state index in [4.69, 9.17) is 10.5 Å². The predicted octanol–water partition coefficient (Wildman–Crippen LogP) is 2.39. The van der Waals surface area contributed by atoms with Gasteiger partial charge in [0.25, 0.3) is 5.88 Å². The van der Waals surface area contributed by atoms with Crippen molar-refractivity contribution in [2.45, 2.75) is 51.4 Å². The maximum Gasteiger partial charge on any atom is 0.422 e. The van der Waals surface area contributed by atoms with Crippen LogP contribution in [0.3, 0.4) is 0 Å². The first-order valence-corrected chi connectivity index (χ1v) is 8.83. The SMILES string of the molecule is CC(=O)OC(C)(C)CN1CC2(CC(n3cc(N)c(OCC(F)(F)F)n3)C2)C1. The van der Waals surface area contributed by atoms with E-state index in [-0.39, 0.29) is 29.0 Å². The van der Waals surface area contributed by atoms with Gasteiger partial charge in [-0.1, -0.05) is 0 Å². The van der Waals surface area contributed by atoms with E-state index in [0.717, 1.165) is 25.9 Å². The number of carbonyl (C=O) groups is 1. The zero-order valence-corrected chi connectivity index (χ0v) is 15.7. The second-order valence-electron chi connectivity index (χ2n) is 8.33. The summed E-state index contributed by atoms with van der Waals surface area (Å²) in [6.07, 6.45) is -1.12. The number of anilines is 1. The van der Waals surface area contributed by atoms with Crippen molar-refractivity contribution in [3.05, 3.63) is 6.20 Å². The van der Waals surface area contributed by atoms with E-state index in [9.17, 15) is 18.0 Å². The molecule has 1 saturated heterocycles. The second-order valence-corrected chi connectivity index (χ2v) is 8.33. The number of rotatable bonds is 6. The molecule has 0 bridgehead atoms. The number of nitrogen functional groups attached to an aromatic ring is 1. The lowest BCUT2D eigenvalue weighted by Gasteiger charge is -2.60. The third-order valence-electron chi connectivity index (χ3n) is 4.95. The highest BCUT2D eigenvalue weighted by atomic mass is 19.4. The fourth-order valence-corrected chi connectivity index (χ4v) is 4.20. The van der Waals surface area contributed by atoms with Crippen molar-refractivity contribution in [3.63, 3.8) is 0 Å². The van der Waals surface area contributed by atoms with Crippen LogP contribution in [0, 0.1) is 5.41 Å². The Morgan fingerprint density at radius 1 is 1.37 bits per heavy atom. The van der Waals surface area contributed by atoms with Gasteiger partial charge in [0.2, 0.25) is 0 Å². The van der Waals surface area contributed by atoms with E-state index in [1.807, 2.05) is 13.8 Å². The molecule has 10 heteroatoms. The first-order valence-electron chi connectivity index (χ1n) is 8.83. The van der Waals surface area contributed by atoms with Crippen LogP contribution in [0.4, 0.5) is 18.9 Å². The summed E-state index contributed by atoms with van der Waals surface area (Å²) in [7, 11) is 0. The molecule has 7 nitrogen and oxygen atoms in total. The number of halogens is 3. The summed E-state index contributed by atoms with van der Waals surface area (Å²) in [5.41, 5.74) is 5.49. The quantitative estimate of drug-likeness (QED) is 0.751. The Morgan fingerprint density at radius 2 is 2.00 bits per heavy atom. The van der Waals surface area contributed by atoms with Crippen LogP contribution in [0.1, 0.15) is 39.7 Å². The fraction of sp³-hybridized carbons (Fsp3) is 0.765. The van der Waals surface area contributed by atoms with Crippen LogP contribution in [0.2, 0.25) is 0 Å². The molecule has 1 aliphatic heterocycles. The van der Waals surface area contributed by atoms with Gasteiger partial charge in [-0.05, 0) is 32.1 Å². The largest absolute Gasteiger partial charge is 0.466 e. The molecule has 1 spiro atoms. The van der Waals surface area contributed by atoms with Crippen LogP contribution < -0.4 is 10.5 Å². The molecule has 0 radical (unpaired) electrons. The molecule has 1 aromatic heterocycles. The summed E-state index contributed by atoms with van der Waals surface area (Å²) in [5, 5.41) is 4.07. The smallest absolute Gasteiger partial charge is 0.422 e. The van der Waals surface area contributed by atoms with Gasteiger partial charge in [-0.3, -0.25) is 14.4 Å². The minimum Gasteiger partial charge on any atom is -0.466 e. The normalized spacial score (nSPS) is 20.2. The fourth-order valence-electron chi connectivity index (χ4n) is 4.20. The standard InChI is InChI=1S/C17H25F3N4O3/c1-11(25)27-15(2,3)7-23-8-16(9-23)4-12(5-16)24-6-13(21)14(22-24)26-10-17(18,19)20/h6,12H,4-5,7-10,21H2,1-3H3. The Hall–Kier alpha value is -1.97. The predicted molar refractivity (Wildman–Crippen MR) is 91.2 cm³/mol. The van der Waals surface area contributed by atoms with E-state index in [1.165, 1.54) is 13.1 Å². The molecule has 2 heterocycles. The van der Waals surface area contributed by atoms with E-state index in [1.54, 1.807) is 4.68 Å². The monoisotopic (exact) mass is 390 g/mol. The van der Waals surface area contributed by atoms with Crippen LogP contribution >= 0.6 is 0 Å². The van der Waals surface area contributed by atoms with Gasteiger partial charge in [-0.2, -0.15) is 13.2 Å². The summed E-state index contributed by atoms with van der Waals surface area (Å²) < 4.78 is 48.4. The lowest BCUT2D eigenvalue weighted by atomic mass is 9.60. The molecule has 1 aliphatic carbocycles. The number of alkyl halides is 3. The maximum absolute atomic E-state index is 12.3. The number of ether oxygens (including phenoxy) is 2. The van der Waals surface area contributed by atoms with Crippen LogP contribution in [-0.4, -0.2) is 58.7 Å². The zero-order valence-electron chi connectivity index (χ0n) is 15.7. The lowest BCUT2D eigenvalue weighted by Crippen LogP contribution is -2.64. The topological polar surface area (TPSA) is 82.6 Å². The number of nitrogens with two attached hydrogens (primary N) is 1. The molecule has 0 atom stereocenters. The summed E-state index contributed by atoms with van der Waals surface area (Å²) >= 11 is 0. The van der Waals surface area contributed by atoms with E-state index in [0.29, 0.717) is 6.54 Å². The van der Waals surface area contributed by atoms with Gasteiger partial charge in [-0.25, -0.2) is 0 Å². The number of aromatic nitrogens is 2. The molecule has 1 saturated carbocycles. The third-order valence-corrected chi connectivity index (χ3v) is 4.95. The third kappa shape index (κ3) is 4.66. The number of hydrogen-bond acceptors (Lipinski definition) is 6. The van der Waals surface area contributed by atoms with Crippen LogP contribution in [-0.2, 0) is 9.53 Å². The minimum atomic E-state index is -4.42. The molecule has 0 amide bonds. The minimum absolute atomic E-state index is 0.110. The van der Waals surface area contributed by atoms with Crippen molar-refractivity contribution >= 4 is 11.7 Å². The van der Waals surface area contributed by atoms with Gasteiger partial charge in [0.1, 0.15) is 11.3 Å². The molecular weight excluding hydrogens is 365 g/mol. The molecule has 0 unspecified atom stereocenters. The van der Waals surface area contributed by atoms with Gasteiger partial charge < -0.3 is 15.2 Å². The summed E-state index contributed by atoms with van der Waals surface area (Å²) in [6.45, 7) is 6.25. The van der Waals surface area contributed by atoms with Crippen molar-refractivity contribution in [2.24, 2.45) is 5.41 Å². The van der Waals surface area contributed by atoms with E-state index < -0.39 is 18.4 Å². The lowest BCUT2D eigenvalue weighted by molar-refractivity contribution is -0.162. The van der Waals surface area contributed by atoms with Gasteiger partial charge in [0.05, 0.1) is 12.2 Å². The van der Waals surface area contributed by atoms with Gasteiger partial charge in [-0.15, -0.1) is 5.10 Å². The van der Waals surface area contributed by atoms with Crippen molar-refractivity contribution in [3.8, 4) is 5.88 Å². The zero-order chi connectivity index (χ0) is 20.0. The van der Waals surface area contributed by atoms with Crippen molar-refractivity contribution in [1.29, 1.82) is 0 Å². The van der Waals surface area contributed by atoms with Crippen molar-refractivity contribution in [2.75, 3.05) is 32.0 Å². The Kier molecular flexibility index (Phi) is 4.82.